The second kappa shape index (κ2) is 8.68. The zero-order valence-electron chi connectivity index (χ0n) is 15.8. The van der Waals surface area contributed by atoms with Gasteiger partial charge in [0, 0.05) is 11.8 Å². The third kappa shape index (κ3) is 4.34. The van der Waals surface area contributed by atoms with Gasteiger partial charge in [-0.3, -0.25) is 15.1 Å². The Labute approximate surface area is 168 Å². The molecule has 0 saturated heterocycles. The SMILES string of the molecule is O=C(Nc1onc(-c2ccccn2)c1C(=O)OC1CCCCC1)c1ccccc1. The molecule has 0 unspecified atom stereocenters. The number of pyridine rings is 1. The molecular formula is C22H21N3O4. The predicted octanol–water partition coefficient (Wildman–Crippen LogP) is 4.48. The zero-order valence-corrected chi connectivity index (χ0v) is 15.8. The number of nitrogens with one attached hydrogen (secondary N) is 1. The van der Waals surface area contributed by atoms with Crippen molar-refractivity contribution in [3.8, 4) is 11.4 Å². The normalized spacial score (nSPS) is 14.3. The molecule has 1 aromatic carbocycles. The first-order valence-corrected chi connectivity index (χ1v) is 9.71. The molecule has 4 rings (SSSR count). The highest BCUT2D eigenvalue weighted by molar-refractivity contribution is 6.08. The Morgan fingerprint density at radius 2 is 1.76 bits per heavy atom. The first-order valence-electron chi connectivity index (χ1n) is 9.71. The molecule has 1 fully saturated rings. The fourth-order valence-electron chi connectivity index (χ4n) is 3.40. The largest absolute Gasteiger partial charge is 0.459 e. The van der Waals surface area contributed by atoms with E-state index in [0.717, 1.165) is 32.1 Å². The van der Waals surface area contributed by atoms with Gasteiger partial charge in [0.05, 0.1) is 5.69 Å². The minimum absolute atomic E-state index is 0.0414. The van der Waals surface area contributed by atoms with Gasteiger partial charge in [-0.25, -0.2) is 4.79 Å². The van der Waals surface area contributed by atoms with E-state index in [1.165, 1.54) is 0 Å². The highest BCUT2D eigenvalue weighted by Crippen LogP contribution is 2.30. The van der Waals surface area contributed by atoms with Crippen molar-refractivity contribution in [2.24, 2.45) is 0 Å². The highest BCUT2D eigenvalue weighted by Gasteiger charge is 2.30. The third-order valence-electron chi connectivity index (χ3n) is 4.89. The summed E-state index contributed by atoms with van der Waals surface area (Å²) in [5.74, 6) is -1.01. The molecule has 2 heterocycles. The van der Waals surface area contributed by atoms with E-state index in [4.69, 9.17) is 9.26 Å². The molecule has 0 atom stereocenters. The lowest BCUT2D eigenvalue weighted by molar-refractivity contribution is 0.0212. The lowest BCUT2D eigenvalue weighted by Crippen LogP contribution is -2.22. The summed E-state index contributed by atoms with van der Waals surface area (Å²) in [5, 5.41) is 6.63. The molecule has 1 aliphatic rings. The van der Waals surface area contributed by atoms with E-state index >= 15 is 0 Å². The molecule has 1 saturated carbocycles. The molecule has 0 radical (unpaired) electrons. The summed E-state index contributed by atoms with van der Waals surface area (Å²) in [6.07, 6.45) is 6.35. The monoisotopic (exact) mass is 391 g/mol. The summed E-state index contributed by atoms with van der Waals surface area (Å²) >= 11 is 0. The van der Waals surface area contributed by atoms with Crippen LogP contribution in [0.5, 0.6) is 0 Å². The summed E-state index contributed by atoms with van der Waals surface area (Å²) in [6.45, 7) is 0. The van der Waals surface area contributed by atoms with Crippen molar-refractivity contribution < 1.29 is 18.8 Å². The lowest BCUT2D eigenvalue weighted by Gasteiger charge is -2.21. The van der Waals surface area contributed by atoms with E-state index in [2.05, 4.69) is 15.5 Å². The Bertz CT molecular complexity index is 980. The molecule has 1 amide bonds. The first kappa shape index (κ1) is 18.9. The van der Waals surface area contributed by atoms with Crippen LogP contribution < -0.4 is 5.32 Å². The summed E-state index contributed by atoms with van der Waals surface area (Å²) in [5.41, 5.74) is 1.23. The molecule has 2 aromatic heterocycles. The number of nitrogens with zero attached hydrogens (tertiary/aromatic N) is 2. The van der Waals surface area contributed by atoms with Crippen LogP contribution in [0.15, 0.2) is 59.3 Å². The van der Waals surface area contributed by atoms with Crippen molar-refractivity contribution in [1.29, 1.82) is 0 Å². The van der Waals surface area contributed by atoms with E-state index in [9.17, 15) is 9.59 Å². The Morgan fingerprint density at radius 3 is 2.48 bits per heavy atom. The number of hydrogen-bond acceptors (Lipinski definition) is 6. The summed E-state index contributed by atoms with van der Waals surface area (Å²) < 4.78 is 11.0. The van der Waals surface area contributed by atoms with E-state index in [1.807, 2.05) is 6.07 Å². The predicted molar refractivity (Wildman–Crippen MR) is 106 cm³/mol. The number of aromatic nitrogens is 2. The van der Waals surface area contributed by atoms with E-state index < -0.39 is 11.9 Å². The average molecular weight is 391 g/mol. The topological polar surface area (TPSA) is 94.3 Å². The average Bonchev–Trinajstić information content (AvgIpc) is 3.19. The second-order valence-electron chi connectivity index (χ2n) is 6.94. The number of hydrogen-bond donors (Lipinski definition) is 1. The maximum Gasteiger partial charge on any atom is 0.346 e. The molecule has 1 N–H and O–H groups in total. The molecule has 0 aliphatic heterocycles. The number of ether oxygens (including phenoxy) is 1. The molecule has 0 spiro atoms. The third-order valence-corrected chi connectivity index (χ3v) is 4.89. The summed E-state index contributed by atoms with van der Waals surface area (Å²) in [4.78, 5) is 29.8. The Balaban J connectivity index is 1.64. The van der Waals surface area contributed by atoms with Gasteiger partial charge in [-0.1, -0.05) is 35.8 Å². The standard InChI is InChI=1S/C22H21N3O4/c26-20(15-9-3-1-4-10-15)24-21-18(22(27)28-16-11-5-2-6-12-16)19(25-29-21)17-13-7-8-14-23-17/h1,3-4,7-10,13-14,16H,2,5-6,11-12H2,(H,24,26). The number of benzene rings is 1. The minimum atomic E-state index is -0.567. The summed E-state index contributed by atoms with van der Waals surface area (Å²) in [7, 11) is 0. The fourth-order valence-corrected chi connectivity index (χ4v) is 3.40. The number of amides is 1. The zero-order chi connectivity index (χ0) is 20.1. The highest BCUT2D eigenvalue weighted by atomic mass is 16.5. The molecule has 7 nitrogen and oxygen atoms in total. The van der Waals surface area contributed by atoms with Gasteiger partial charge in [0.15, 0.2) is 5.56 Å². The molecule has 29 heavy (non-hydrogen) atoms. The number of esters is 1. The Morgan fingerprint density at radius 1 is 1.00 bits per heavy atom. The quantitative estimate of drug-likeness (QED) is 0.645. The lowest BCUT2D eigenvalue weighted by atomic mass is 9.98. The van der Waals surface area contributed by atoms with Crippen LogP contribution in [0.25, 0.3) is 11.4 Å². The van der Waals surface area contributed by atoms with E-state index in [-0.39, 0.29) is 23.2 Å². The van der Waals surface area contributed by atoms with Crippen molar-refractivity contribution in [3.05, 3.63) is 65.9 Å². The molecule has 0 bridgehead atoms. The minimum Gasteiger partial charge on any atom is -0.459 e. The van der Waals surface area contributed by atoms with Gasteiger partial charge in [0.1, 0.15) is 11.8 Å². The van der Waals surface area contributed by atoms with Gasteiger partial charge < -0.3 is 9.26 Å². The van der Waals surface area contributed by atoms with Crippen molar-refractivity contribution in [2.75, 3.05) is 5.32 Å². The maximum atomic E-state index is 13.0. The Hall–Kier alpha value is -3.48. The molecular weight excluding hydrogens is 370 g/mol. The molecule has 148 valence electrons. The van der Waals surface area contributed by atoms with Crippen LogP contribution in [0.4, 0.5) is 5.88 Å². The number of carbonyl (C=O) groups excluding carboxylic acids is 2. The molecule has 1 aliphatic carbocycles. The van der Waals surface area contributed by atoms with E-state index in [1.54, 1.807) is 48.7 Å². The number of carbonyl (C=O) groups is 2. The van der Waals surface area contributed by atoms with Crippen LogP contribution in [-0.4, -0.2) is 28.1 Å². The smallest absolute Gasteiger partial charge is 0.346 e. The van der Waals surface area contributed by atoms with Crippen molar-refractivity contribution in [2.45, 2.75) is 38.2 Å². The van der Waals surface area contributed by atoms with Crippen LogP contribution in [0.3, 0.4) is 0 Å². The summed E-state index contributed by atoms with van der Waals surface area (Å²) in [6, 6.07) is 13.9. The maximum absolute atomic E-state index is 13.0. The van der Waals surface area contributed by atoms with Crippen LogP contribution >= 0.6 is 0 Å². The van der Waals surface area contributed by atoms with Crippen molar-refractivity contribution >= 4 is 17.8 Å². The first-order chi connectivity index (χ1) is 14.2. The second-order valence-corrected chi connectivity index (χ2v) is 6.94. The van der Waals surface area contributed by atoms with Crippen molar-refractivity contribution in [1.82, 2.24) is 10.1 Å². The van der Waals surface area contributed by atoms with Gasteiger partial charge >= 0.3 is 5.97 Å². The van der Waals surface area contributed by atoms with Crippen LogP contribution in [0.1, 0.15) is 52.8 Å². The van der Waals surface area contributed by atoms with Crippen LogP contribution in [-0.2, 0) is 4.74 Å². The fraction of sp³-hybridized carbons (Fsp3) is 0.273. The molecule has 3 aromatic rings. The van der Waals surface area contributed by atoms with Gasteiger partial charge in [0.25, 0.3) is 5.91 Å². The van der Waals surface area contributed by atoms with Gasteiger partial charge in [-0.15, -0.1) is 0 Å². The van der Waals surface area contributed by atoms with E-state index in [0.29, 0.717) is 11.3 Å². The van der Waals surface area contributed by atoms with Crippen LogP contribution in [0, 0.1) is 0 Å². The Kier molecular flexibility index (Phi) is 5.65. The van der Waals surface area contributed by atoms with Gasteiger partial charge in [-0.2, -0.15) is 0 Å². The molecule has 7 heteroatoms. The number of rotatable bonds is 5. The van der Waals surface area contributed by atoms with Gasteiger partial charge in [0.2, 0.25) is 5.88 Å². The number of anilines is 1. The van der Waals surface area contributed by atoms with Crippen molar-refractivity contribution in [3.63, 3.8) is 0 Å². The van der Waals surface area contributed by atoms with Gasteiger partial charge in [-0.05, 0) is 49.9 Å². The van der Waals surface area contributed by atoms with Crippen LogP contribution in [0.2, 0.25) is 0 Å².